The van der Waals surface area contributed by atoms with Gasteiger partial charge >= 0.3 is 0 Å². The third-order valence-electron chi connectivity index (χ3n) is 5.57. The van der Waals surface area contributed by atoms with Crippen LogP contribution in [-0.2, 0) is 16.0 Å². The van der Waals surface area contributed by atoms with E-state index in [1.807, 2.05) is 44.2 Å². The van der Waals surface area contributed by atoms with Crippen LogP contribution in [0.5, 0.6) is 17.2 Å². The first-order chi connectivity index (χ1) is 15.4. The maximum atomic E-state index is 12.5. The molecule has 1 unspecified atom stereocenters. The van der Waals surface area contributed by atoms with E-state index < -0.39 is 0 Å². The minimum absolute atomic E-state index is 0.0112. The molecule has 172 valence electrons. The van der Waals surface area contributed by atoms with Crippen molar-refractivity contribution in [2.75, 3.05) is 40.5 Å². The molecule has 7 nitrogen and oxygen atoms in total. The Morgan fingerprint density at radius 3 is 2.47 bits per heavy atom. The van der Waals surface area contributed by atoms with Crippen molar-refractivity contribution in [2.24, 2.45) is 5.92 Å². The number of hydrogen-bond donors (Lipinski definition) is 1. The second-order valence-corrected chi connectivity index (χ2v) is 8.14. The minimum atomic E-state index is -0.325. The highest BCUT2D eigenvalue weighted by Crippen LogP contribution is 2.28. The van der Waals surface area contributed by atoms with E-state index in [1.165, 1.54) is 0 Å². The lowest BCUT2D eigenvalue weighted by atomic mass is 10.1. The van der Waals surface area contributed by atoms with E-state index in [-0.39, 0.29) is 24.2 Å². The summed E-state index contributed by atoms with van der Waals surface area (Å²) in [7, 11) is 3.20. The largest absolute Gasteiger partial charge is 0.493 e. The molecule has 32 heavy (non-hydrogen) atoms. The van der Waals surface area contributed by atoms with Crippen molar-refractivity contribution in [3.63, 3.8) is 0 Å². The van der Waals surface area contributed by atoms with E-state index in [0.717, 1.165) is 22.4 Å². The molecule has 1 aliphatic rings. The van der Waals surface area contributed by atoms with Crippen molar-refractivity contribution in [1.82, 2.24) is 10.2 Å². The number of likely N-dealkylation sites (tertiary alicyclic amines) is 1. The Bertz CT molecular complexity index is 939. The smallest absolute Gasteiger partial charge is 0.225 e. The van der Waals surface area contributed by atoms with Crippen LogP contribution in [0.4, 0.5) is 0 Å². The number of rotatable bonds is 10. The van der Waals surface area contributed by atoms with Gasteiger partial charge in [0.2, 0.25) is 11.8 Å². The van der Waals surface area contributed by atoms with Crippen molar-refractivity contribution in [1.29, 1.82) is 0 Å². The molecule has 2 amide bonds. The first kappa shape index (κ1) is 23.4. The molecule has 1 heterocycles. The van der Waals surface area contributed by atoms with Crippen molar-refractivity contribution in [3.8, 4) is 17.2 Å². The molecule has 1 atom stereocenters. The normalized spacial score (nSPS) is 15.6. The summed E-state index contributed by atoms with van der Waals surface area (Å²) in [5, 5.41) is 2.89. The number of ether oxygens (including phenoxy) is 3. The molecule has 0 bridgehead atoms. The van der Waals surface area contributed by atoms with Gasteiger partial charge in [-0.3, -0.25) is 9.59 Å². The SMILES string of the molecule is COc1ccc(CCN2CC(C(=O)NCCOc3cc(C)cc(C)c3)CC2=O)cc1OC. The lowest BCUT2D eigenvalue weighted by Gasteiger charge is -2.17. The number of amides is 2. The van der Waals surface area contributed by atoms with Crippen molar-refractivity contribution >= 4 is 11.8 Å². The van der Waals surface area contributed by atoms with Gasteiger partial charge in [-0.15, -0.1) is 0 Å². The fraction of sp³-hybridized carbons (Fsp3) is 0.440. The second-order valence-electron chi connectivity index (χ2n) is 8.14. The van der Waals surface area contributed by atoms with E-state index >= 15 is 0 Å². The van der Waals surface area contributed by atoms with Crippen LogP contribution >= 0.6 is 0 Å². The Balaban J connectivity index is 1.43. The lowest BCUT2D eigenvalue weighted by molar-refractivity contribution is -0.129. The Kier molecular flexibility index (Phi) is 7.98. The van der Waals surface area contributed by atoms with Crippen LogP contribution in [-0.4, -0.2) is 57.2 Å². The number of carbonyl (C=O) groups excluding carboxylic acids is 2. The summed E-state index contributed by atoms with van der Waals surface area (Å²) in [4.78, 5) is 26.7. The third-order valence-corrected chi connectivity index (χ3v) is 5.57. The second kappa shape index (κ2) is 10.9. The van der Waals surface area contributed by atoms with E-state index in [2.05, 4.69) is 11.4 Å². The van der Waals surface area contributed by atoms with Gasteiger partial charge in [0.05, 0.1) is 26.7 Å². The zero-order valence-corrected chi connectivity index (χ0v) is 19.3. The van der Waals surface area contributed by atoms with Crippen LogP contribution in [0.2, 0.25) is 0 Å². The fourth-order valence-electron chi connectivity index (χ4n) is 3.97. The molecule has 2 aromatic rings. The van der Waals surface area contributed by atoms with Gasteiger partial charge in [-0.25, -0.2) is 0 Å². The monoisotopic (exact) mass is 440 g/mol. The van der Waals surface area contributed by atoms with Crippen molar-refractivity contribution in [2.45, 2.75) is 26.7 Å². The van der Waals surface area contributed by atoms with E-state index in [1.54, 1.807) is 19.1 Å². The first-order valence-corrected chi connectivity index (χ1v) is 10.9. The van der Waals surface area contributed by atoms with Crippen LogP contribution in [0.25, 0.3) is 0 Å². The Hall–Kier alpha value is -3.22. The molecule has 7 heteroatoms. The number of nitrogens with zero attached hydrogens (tertiary/aromatic N) is 1. The van der Waals surface area contributed by atoms with Gasteiger partial charge in [0.15, 0.2) is 11.5 Å². The summed E-state index contributed by atoms with van der Waals surface area (Å²) in [5.74, 6) is 1.72. The van der Waals surface area contributed by atoms with Crippen LogP contribution in [0.3, 0.4) is 0 Å². The number of nitrogens with one attached hydrogen (secondary N) is 1. The molecule has 0 spiro atoms. The zero-order chi connectivity index (χ0) is 23.1. The number of hydrogen-bond acceptors (Lipinski definition) is 5. The average molecular weight is 441 g/mol. The van der Waals surface area contributed by atoms with Gasteiger partial charge < -0.3 is 24.4 Å². The Morgan fingerprint density at radius 2 is 1.78 bits per heavy atom. The maximum Gasteiger partial charge on any atom is 0.225 e. The van der Waals surface area contributed by atoms with Crippen LogP contribution in [0.1, 0.15) is 23.1 Å². The van der Waals surface area contributed by atoms with Crippen LogP contribution < -0.4 is 19.5 Å². The topological polar surface area (TPSA) is 77.1 Å². The number of carbonyl (C=O) groups is 2. The van der Waals surface area contributed by atoms with Crippen molar-refractivity contribution in [3.05, 3.63) is 53.1 Å². The molecule has 2 aromatic carbocycles. The highest BCUT2D eigenvalue weighted by molar-refractivity contribution is 5.89. The summed E-state index contributed by atoms with van der Waals surface area (Å²) in [5.41, 5.74) is 3.33. The predicted octanol–water partition coefficient (Wildman–Crippen LogP) is 2.91. The molecular formula is C25H32N2O5. The van der Waals surface area contributed by atoms with Gasteiger partial charge in [-0.05, 0) is 61.2 Å². The molecule has 1 aliphatic heterocycles. The van der Waals surface area contributed by atoms with Gasteiger partial charge in [-0.2, -0.15) is 0 Å². The number of benzene rings is 2. The fourth-order valence-corrected chi connectivity index (χ4v) is 3.97. The summed E-state index contributed by atoms with van der Waals surface area (Å²) < 4.78 is 16.3. The molecule has 0 saturated carbocycles. The molecule has 0 aromatic heterocycles. The maximum absolute atomic E-state index is 12.5. The van der Waals surface area contributed by atoms with Gasteiger partial charge in [-0.1, -0.05) is 12.1 Å². The summed E-state index contributed by atoms with van der Waals surface area (Å²) in [6, 6.07) is 11.8. The summed E-state index contributed by atoms with van der Waals surface area (Å²) in [6.07, 6.45) is 0.930. The summed E-state index contributed by atoms with van der Waals surface area (Å²) >= 11 is 0. The number of methoxy groups -OCH3 is 2. The quantitative estimate of drug-likeness (QED) is 0.575. The molecule has 3 rings (SSSR count). The Labute approximate surface area is 189 Å². The van der Waals surface area contributed by atoms with Crippen LogP contribution in [0.15, 0.2) is 36.4 Å². The molecule has 0 radical (unpaired) electrons. The van der Waals surface area contributed by atoms with Gasteiger partial charge in [0, 0.05) is 19.5 Å². The average Bonchev–Trinajstić information content (AvgIpc) is 3.14. The molecule has 1 fully saturated rings. The standard InChI is InChI=1S/C25H32N2O5/c1-17-11-18(2)13-21(12-17)32-10-8-26-25(29)20-15-24(28)27(16-20)9-7-19-5-6-22(30-3)23(14-19)31-4/h5-6,11-14,20H,7-10,15-16H2,1-4H3,(H,26,29). The van der Waals surface area contributed by atoms with E-state index in [0.29, 0.717) is 44.2 Å². The summed E-state index contributed by atoms with van der Waals surface area (Å²) in [6.45, 7) is 5.84. The van der Waals surface area contributed by atoms with Crippen LogP contribution in [0, 0.1) is 19.8 Å². The third kappa shape index (κ3) is 6.15. The molecule has 1 N–H and O–H groups in total. The highest BCUT2D eigenvalue weighted by Gasteiger charge is 2.33. The van der Waals surface area contributed by atoms with E-state index in [4.69, 9.17) is 14.2 Å². The molecule has 0 aliphatic carbocycles. The minimum Gasteiger partial charge on any atom is -0.493 e. The molecule has 1 saturated heterocycles. The molecular weight excluding hydrogens is 408 g/mol. The predicted molar refractivity (Wildman–Crippen MR) is 122 cm³/mol. The van der Waals surface area contributed by atoms with E-state index in [9.17, 15) is 9.59 Å². The van der Waals surface area contributed by atoms with Gasteiger partial charge in [0.25, 0.3) is 0 Å². The van der Waals surface area contributed by atoms with Gasteiger partial charge in [0.1, 0.15) is 12.4 Å². The van der Waals surface area contributed by atoms with Crippen molar-refractivity contribution < 1.29 is 23.8 Å². The first-order valence-electron chi connectivity index (χ1n) is 10.9. The zero-order valence-electron chi connectivity index (χ0n) is 19.3. The highest BCUT2D eigenvalue weighted by atomic mass is 16.5. The Morgan fingerprint density at radius 1 is 1.06 bits per heavy atom. The lowest BCUT2D eigenvalue weighted by Crippen LogP contribution is -2.35. The number of aryl methyl sites for hydroxylation is 2.